The minimum atomic E-state index is 0.278. The zero-order chi connectivity index (χ0) is 9.36. The van der Waals surface area contributed by atoms with Gasteiger partial charge in [-0.15, -0.1) is 0 Å². The zero-order valence-electron chi connectivity index (χ0n) is 8.60. The van der Waals surface area contributed by atoms with Gasteiger partial charge in [0.05, 0.1) is 0 Å². The predicted octanol–water partition coefficient (Wildman–Crippen LogP) is 1.68. The van der Waals surface area contributed by atoms with Crippen molar-refractivity contribution in [2.75, 3.05) is 13.7 Å². The van der Waals surface area contributed by atoms with E-state index >= 15 is 0 Å². The van der Waals surface area contributed by atoms with E-state index in [0.29, 0.717) is 12.0 Å². The lowest BCUT2D eigenvalue weighted by Crippen LogP contribution is -2.57. The van der Waals surface area contributed by atoms with Crippen LogP contribution in [0.1, 0.15) is 44.9 Å². The summed E-state index contributed by atoms with van der Waals surface area (Å²) in [6.07, 6.45) is 9.11. The predicted molar refractivity (Wildman–Crippen MR) is 53.6 cm³/mol. The van der Waals surface area contributed by atoms with Crippen molar-refractivity contribution in [1.82, 2.24) is 5.32 Å². The molecule has 1 spiro atoms. The van der Waals surface area contributed by atoms with Gasteiger partial charge in [0.25, 0.3) is 0 Å². The summed E-state index contributed by atoms with van der Waals surface area (Å²) in [5.41, 5.74) is 0.838. The van der Waals surface area contributed by atoms with Gasteiger partial charge in [0, 0.05) is 12.1 Å². The number of rotatable bonds is 3. The van der Waals surface area contributed by atoms with Crippen LogP contribution in [0, 0.1) is 5.41 Å². The molecule has 1 unspecified atom stereocenters. The molecule has 0 saturated heterocycles. The molecule has 0 heterocycles. The third-order valence-corrected chi connectivity index (χ3v) is 4.60. The van der Waals surface area contributed by atoms with Crippen LogP contribution in [0.2, 0.25) is 0 Å². The molecule has 2 aliphatic rings. The van der Waals surface area contributed by atoms with Gasteiger partial charge in [-0.3, -0.25) is 0 Å². The minimum Gasteiger partial charge on any atom is -0.396 e. The number of aliphatic hydroxyl groups excluding tert-OH is 1. The maximum Gasteiger partial charge on any atom is 0.0448 e. The van der Waals surface area contributed by atoms with Gasteiger partial charge in [-0.1, -0.05) is 12.8 Å². The highest BCUT2D eigenvalue weighted by Crippen LogP contribution is 2.59. The fourth-order valence-electron chi connectivity index (χ4n) is 3.66. The zero-order valence-corrected chi connectivity index (χ0v) is 8.60. The first-order chi connectivity index (χ1) is 6.29. The molecule has 0 bridgehead atoms. The van der Waals surface area contributed by atoms with Gasteiger partial charge in [-0.25, -0.2) is 0 Å². The monoisotopic (exact) mass is 183 g/mol. The fraction of sp³-hybridized carbons (Fsp3) is 1.00. The highest BCUT2D eigenvalue weighted by Gasteiger charge is 2.56. The first-order valence-electron chi connectivity index (χ1n) is 5.58. The average Bonchev–Trinajstić information content (AvgIpc) is 2.44. The number of hydrogen-bond donors (Lipinski definition) is 2. The van der Waals surface area contributed by atoms with E-state index in [-0.39, 0.29) is 5.54 Å². The van der Waals surface area contributed by atoms with Gasteiger partial charge in [0.15, 0.2) is 0 Å². The van der Waals surface area contributed by atoms with E-state index < -0.39 is 0 Å². The normalized spacial score (nSPS) is 36.5. The molecular formula is C11H21NO. The first kappa shape index (κ1) is 9.47. The highest BCUT2D eigenvalue weighted by molar-refractivity contribution is 5.11. The summed E-state index contributed by atoms with van der Waals surface area (Å²) in [6.45, 7) is 0.336. The quantitative estimate of drug-likeness (QED) is 0.697. The summed E-state index contributed by atoms with van der Waals surface area (Å²) in [6, 6.07) is 0. The van der Waals surface area contributed by atoms with Crippen molar-refractivity contribution >= 4 is 0 Å². The molecule has 0 aliphatic heterocycles. The molecule has 0 aromatic rings. The summed E-state index contributed by atoms with van der Waals surface area (Å²) >= 11 is 0. The first-order valence-corrected chi connectivity index (χ1v) is 5.58. The Balaban J connectivity index is 2.16. The van der Waals surface area contributed by atoms with Gasteiger partial charge in [-0.05, 0) is 44.6 Å². The van der Waals surface area contributed by atoms with E-state index in [4.69, 9.17) is 5.11 Å². The van der Waals surface area contributed by atoms with Gasteiger partial charge >= 0.3 is 0 Å². The Morgan fingerprint density at radius 3 is 2.23 bits per heavy atom. The van der Waals surface area contributed by atoms with Crippen LogP contribution in [0.15, 0.2) is 0 Å². The molecule has 0 aromatic heterocycles. The SMILES string of the molecule is CNC1(CCO)CCCC12CCC2. The standard InChI is InChI=1S/C11H21NO/c1-12-11(8-9-13)7-3-6-10(11)4-2-5-10/h12-13H,2-9H2,1H3. The molecule has 0 radical (unpaired) electrons. The third kappa shape index (κ3) is 1.15. The summed E-state index contributed by atoms with van der Waals surface area (Å²) < 4.78 is 0. The molecule has 2 nitrogen and oxygen atoms in total. The Morgan fingerprint density at radius 1 is 1.15 bits per heavy atom. The molecule has 2 N–H and O–H groups in total. The highest BCUT2D eigenvalue weighted by atomic mass is 16.3. The second kappa shape index (κ2) is 3.25. The summed E-state index contributed by atoms with van der Waals surface area (Å²) in [7, 11) is 2.07. The largest absolute Gasteiger partial charge is 0.396 e. The topological polar surface area (TPSA) is 32.3 Å². The number of aliphatic hydroxyl groups is 1. The van der Waals surface area contributed by atoms with Crippen LogP contribution in [-0.4, -0.2) is 24.3 Å². The van der Waals surface area contributed by atoms with Crippen LogP contribution in [0.25, 0.3) is 0 Å². The minimum absolute atomic E-state index is 0.278. The van der Waals surface area contributed by atoms with Gasteiger partial charge < -0.3 is 10.4 Å². The van der Waals surface area contributed by atoms with Crippen molar-refractivity contribution in [1.29, 1.82) is 0 Å². The lowest BCUT2D eigenvalue weighted by atomic mass is 9.58. The van der Waals surface area contributed by atoms with Crippen LogP contribution in [0.4, 0.5) is 0 Å². The van der Waals surface area contributed by atoms with Crippen molar-refractivity contribution in [3.8, 4) is 0 Å². The third-order valence-electron chi connectivity index (χ3n) is 4.60. The van der Waals surface area contributed by atoms with E-state index in [1.165, 1.54) is 38.5 Å². The Labute approximate surface area is 80.7 Å². The number of nitrogens with one attached hydrogen (secondary N) is 1. The maximum atomic E-state index is 9.13. The molecule has 2 aliphatic carbocycles. The van der Waals surface area contributed by atoms with E-state index in [0.717, 1.165) is 6.42 Å². The molecule has 2 heteroatoms. The average molecular weight is 183 g/mol. The fourth-order valence-corrected chi connectivity index (χ4v) is 3.66. The molecule has 2 rings (SSSR count). The Kier molecular flexibility index (Phi) is 2.37. The van der Waals surface area contributed by atoms with Crippen LogP contribution >= 0.6 is 0 Å². The van der Waals surface area contributed by atoms with E-state index in [1.54, 1.807) is 0 Å². The van der Waals surface area contributed by atoms with E-state index in [9.17, 15) is 0 Å². The molecule has 2 fully saturated rings. The summed E-state index contributed by atoms with van der Waals surface area (Å²) in [5, 5.41) is 12.6. The maximum absolute atomic E-state index is 9.13. The smallest absolute Gasteiger partial charge is 0.0448 e. The van der Waals surface area contributed by atoms with Crippen LogP contribution in [0.3, 0.4) is 0 Å². The molecule has 2 saturated carbocycles. The van der Waals surface area contributed by atoms with Gasteiger partial charge in [0.1, 0.15) is 0 Å². The molecule has 13 heavy (non-hydrogen) atoms. The second-order valence-electron chi connectivity index (χ2n) is 4.79. The van der Waals surface area contributed by atoms with E-state index in [1.807, 2.05) is 0 Å². The molecule has 76 valence electrons. The molecule has 1 atom stereocenters. The van der Waals surface area contributed by atoms with Gasteiger partial charge in [0.2, 0.25) is 0 Å². The Hall–Kier alpha value is -0.0800. The summed E-state index contributed by atoms with van der Waals surface area (Å²) in [4.78, 5) is 0. The van der Waals surface area contributed by atoms with Crippen LogP contribution < -0.4 is 5.32 Å². The van der Waals surface area contributed by atoms with Crippen LogP contribution in [0.5, 0.6) is 0 Å². The lowest BCUT2D eigenvalue weighted by molar-refractivity contribution is 0.0157. The summed E-state index contributed by atoms with van der Waals surface area (Å²) in [5.74, 6) is 0. The van der Waals surface area contributed by atoms with Crippen molar-refractivity contribution < 1.29 is 5.11 Å². The Morgan fingerprint density at radius 2 is 1.77 bits per heavy atom. The Bertz CT molecular complexity index is 189. The molecular weight excluding hydrogens is 162 g/mol. The van der Waals surface area contributed by atoms with Crippen LogP contribution in [-0.2, 0) is 0 Å². The molecule has 0 amide bonds. The van der Waals surface area contributed by atoms with E-state index in [2.05, 4.69) is 12.4 Å². The number of hydrogen-bond acceptors (Lipinski definition) is 2. The van der Waals surface area contributed by atoms with Crippen molar-refractivity contribution in [3.63, 3.8) is 0 Å². The van der Waals surface area contributed by atoms with Gasteiger partial charge in [-0.2, -0.15) is 0 Å². The van der Waals surface area contributed by atoms with Crippen molar-refractivity contribution in [2.45, 2.75) is 50.5 Å². The van der Waals surface area contributed by atoms with Crippen molar-refractivity contribution in [3.05, 3.63) is 0 Å². The second-order valence-corrected chi connectivity index (χ2v) is 4.79. The van der Waals surface area contributed by atoms with Crippen molar-refractivity contribution in [2.24, 2.45) is 5.41 Å². The lowest BCUT2D eigenvalue weighted by Gasteiger charge is -2.52. The molecule has 0 aromatic carbocycles.